The highest BCUT2D eigenvalue weighted by Gasteiger charge is 2.40. The highest BCUT2D eigenvalue weighted by molar-refractivity contribution is 5.90. The number of amides is 2. The summed E-state index contributed by atoms with van der Waals surface area (Å²) in [4.78, 5) is 37.2. The molecule has 7 nitrogen and oxygen atoms in total. The zero-order chi connectivity index (χ0) is 24.3. The predicted molar refractivity (Wildman–Crippen MR) is 128 cm³/mol. The van der Waals surface area contributed by atoms with Crippen molar-refractivity contribution in [3.63, 3.8) is 0 Å². The maximum absolute atomic E-state index is 13.1. The van der Waals surface area contributed by atoms with Crippen LogP contribution in [0.15, 0.2) is 48.5 Å². The van der Waals surface area contributed by atoms with Gasteiger partial charge in [0.15, 0.2) is 0 Å². The van der Waals surface area contributed by atoms with Gasteiger partial charge < -0.3 is 20.5 Å². The van der Waals surface area contributed by atoms with Crippen LogP contribution in [0.2, 0.25) is 0 Å². The lowest BCUT2D eigenvalue weighted by molar-refractivity contribution is -0.138. The molecule has 0 aromatic heterocycles. The van der Waals surface area contributed by atoms with Gasteiger partial charge in [-0.05, 0) is 54.4 Å². The van der Waals surface area contributed by atoms with Crippen LogP contribution in [0, 0.1) is 5.92 Å². The summed E-state index contributed by atoms with van der Waals surface area (Å²) < 4.78 is 5.64. The third-order valence-corrected chi connectivity index (χ3v) is 6.87. The van der Waals surface area contributed by atoms with Crippen molar-refractivity contribution < 1.29 is 24.2 Å². The molecule has 0 bridgehead atoms. The lowest BCUT2D eigenvalue weighted by Gasteiger charge is -2.31. The van der Waals surface area contributed by atoms with Gasteiger partial charge in [0, 0.05) is 12.0 Å². The molecular formula is C27H32N2O5. The molecule has 4 rings (SSSR count). The van der Waals surface area contributed by atoms with Gasteiger partial charge in [0.25, 0.3) is 0 Å². The van der Waals surface area contributed by atoms with Crippen LogP contribution in [0.5, 0.6) is 0 Å². The average molecular weight is 465 g/mol. The molecule has 0 aliphatic heterocycles. The van der Waals surface area contributed by atoms with Crippen molar-refractivity contribution >= 4 is 18.0 Å². The number of carbonyl (C=O) groups excluding carboxylic acids is 2. The smallest absolute Gasteiger partial charge is 0.408 e. The number of carbonyl (C=O) groups is 3. The maximum atomic E-state index is 13.1. The van der Waals surface area contributed by atoms with Gasteiger partial charge in [0.2, 0.25) is 5.91 Å². The molecular weight excluding hydrogens is 432 g/mol. The van der Waals surface area contributed by atoms with E-state index in [1.54, 1.807) is 6.92 Å². The molecule has 180 valence electrons. The van der Waals surface area contributed by atoms with Gasteiger partial charge in [-0.25, -0.2) is 4.79 Å². The van der Waals surface area contributed by atoms with Crippen molar-refractivity contribution in [2.24, 2.45) is 5.92 Å². The van der Waals surface area contributed by atoms with Crippen molar-refractivity contribution in [1.82, 2.24) is 10.6 Å². The molecule has 1 fully saturated rings. The van der Waals surface area contributed by atoms with Crippen molar-refractivity contribution in [3.8, 4) is 11.1 Å². The van der Waals surface area contributed by atoms with Gasteiger partial charge in [-0.1, -0.05) is 61.9 Å². The van der Waals surface area contributed by atoms with Crippen LogP contribution in [0.25, 0.3) is 11.1 Å². The number of alkyl carbamates (subject to hydrolysis) is 1. The number of ether oxygens (including phenoxy) is 1. The number of fused-ring (bicyclic) bond motifs is 3. The zero-order valence-corrected chi connectivity index (χ0v) is 19.7. The topological polar surface area (TPSA) is 105 Å². The van der Waals surface area contributed by atoms with E-state index in [0.29, 0.717) is 12.8 Å². The minimum Gasteiger partial charge on any atom is -0.481 e. The Morgan fingerprint density at radius 1 is 1.06 bits per heavy atom. The van der Waals surface area contributed by atoms with Crippen LogP contribution in [0.1, 0.15) is 63.0 Å². The standard InChI is InChI=1S/C27H32N2O5/c1-3-14-27(2,25(32)28-23(15-24(30)31)17-12-13-17)29-26(33)34-16-22-20-10-6-4-8-18(20)19-9-5-7-11-21(19)22/h4-11,17,22-23H,3,12-16H2,1-2H3,(H,28,32)(H,29,33)(H,30,31). The first-order chi connectivity index (χ1) is 16.3. The summed E-state index contributed by atoms with van der Waals surface area (Å²) in [5.74, 6) is -1.21. The van der Waals surface area contributed by atoms with Gasteiger partial charge in [0.1, 0.15) is 12.1 Å². The number of hydrogen-bond acceptors (Lipinski definition) is 4. The van der Waals surface area contributed by atoms with Crippen LogP contribution in [-0.4, -0.2) is 41.3 Å². The molecule has 7 heteroatoms. The predicted octanol–water partition coefficient (Wildman–Crippen LogP) is 4.45. The highest BCUT2D eigenvalue weighted by Crippen LogP contribution is 2.44. The van der Waals surface area contributed by atoms with Crippen LogP contribution < -0.4 is 10.6 Å². The number of nitrogens with one attached hydrogen (secondary N) is 2. The van der Waals surface area contributed by atoms with E-state index in [0.717, 1.165) is 35.1 Å². The summed E-state index contributed by atoms with van der Waals surface area (Å²) in [5.41, 5.74) is 3.33. The van der Waals surface area contributed by atoms with E-state index in [9.17, 15) is 19.5 Å². The Morgan fingerprint density at radius 3 is 2.18 bits per heavy atom. The molecule has 2 aliphatic rings. The van der Waals surface area contributed by atoms with Gasteiger partial charge in [-0.3, -0.25) is 9.59 Å². The van der Waals surface area contributed by atoms with E-state index in [4.69, 9.17) is 4.74 Å². The molecule has 2 aromatic carbocycles. The first-order valence-electron chi connectivity index (χ1n) is 12.0. The maximum Gasteiger partial charge on any atom is 0.408 e. The quantitative estimate of drug-likeness (QED) is 0.482. The Balaban J connectivity index is 1.42. The molecule has 2 atom stereocenters. The Bertz CT molecular complexity index is 1030. The minimum absolute atomic E-state index is 0.0702. The number of aliphatic carboxylic acids is 1. The Morgan fingerprint density at radius 2 is 1.65 bits per heavy atom. The zero-order valence-electron chi connectivity index (χ0n) is 19.7. The van der Waals surface area contributed by atoms with E-state index >= 15 is 0 Å². The molecule has 2 unspecified atom stereocenters. The molecule has 0 saturated heterocycles. The number of carboxylic acids is 1. The second-order valence-corrected chi connectivity index (χ2v) is 9.55. The third-order valence-electron chi connectivity index (χ3n) is 6.87. The summed E-state index contributed by atoms with van der Waals surface area (Å²) in [6.45, 7) is 3.76. The summed E-state index contributed by atoms with van der Waals surface area (Å²) >= 11 is 0. The first-order valence-corrected chi connectivity index (χ1v) is 12.0. The summed E-state index contributed by atoms with van der Waals surface area (Å²) in [6.07, 6.45) is 2.11. The summed E-state index contributed by atoms with van der Waals surface area (Å²) in [7, 11) is 0. The molecule has 2 amide bonds. The number of carboxylic acid groups (broad SMARTS) is 1. The molecule has 0 heterocycles. The molecule has 0 radical (unpaired) electrons. The lowest BCUT2D eigenvalue weighted by Crippen LogP contribution is -2.59. The molecule has 1 saturated carbocycles. The van der Waals surface area contributed by atoms with Crippen molar-refractivity contribution in [2.75, 3.05) is 6.61 Å². The minimum atomic E-state index is -1.19. The monoisotopic (exact) mass is 464 g/mol. The molecule has 2 aliphatic carbocycles. The molecule has 34 heavy (non-hydrogen) atoms. The van der Waals surface area contributed by atoms with Crippen LogP contribution >= 0.6 is 0 Å². The fourth-order valence-electron chi connectivity index (χ4n) is 4.94. The fraction of sp³-hybridized carbons (Fsp3) is 0.444. The van der Waals surface area contributed by atoms with E-state index in [-0.39, 0.29) is 30.8 Å². The van der Waals surface area contributed by atoms with Crippen LogP contribution in [0.3, 0.4) is 0 Å². The average Bonchev–Trinajstić information content (AvgIpc) is 3.60. The van der Waals surface area contributed by atoms with Gasteiger partial charge in [0.05, 0.1) is 6.42 Å². The van der Waals surface area contributed by atoms with E-state index < -0.39 is 23.6 Å². The third kappa shape index (κ3) is 5.08. The lowest BCUT2D eigenvalue weighted by atomic mass is 9.94. The largest absolute Gasteiger partial charge is 0.481 e. The van der Waals surface area contributed by atoms with Crippen molar-refractivity contribution in [2.45, 2.75) is 63.5 Å². The number of hydrogen-bond donors (Lipinski definition) is 3. The molecule has 0 spiro atoms. The van der Waals surface area contributed by atoms with Gasteiger partial charge in [-0.2, -0.15) is 0 Å². The van der Waals surface area contributed by atoms with Crippen LogP contribution in [0.4, 0.5) is 4.79 Å². The van der Waals surface area contributed by atoms with Crippen molar-refractivity contribution in [1.29, 1.82) is 0 Å². The number of benzene rings is 2. The second-order valence-electron chi connectivity index (χ2n) is 9.55. The van der Waals surface area contributed by atoms with Crippen molar-refractivity contribution in [3.05, 3.63) is 59.7 Å². The van der Waals surface area contributed by atoms with E-state index in [2.05, 4.69) is 34.9 Å². The SMILES string of the molecule is CCCC(C)(NC(=O)OCC1c2ccccc2-c2ccccc21)C(=O)NC(CC(=O)O)C1CC1. The molecule has 2 aromatic rings. The van der Waals surface area contributed by atoms with Gasteiger partial charge in [-0.15, -0.1) is 0 Å². The van der Waals surface area contributed by atoms with Crippen LogP contribution in [-0.2, 0) is 14.3 Å². The van der Waals surface area contributed by atoms with E-state index in [1.807, 2.05) is 31.2 Å². The highest BCUT2D eigenvalue weighted by atomic mass is 16.5. The Hall–Kier alpha value is -3.35. The second kappa shape index (κ2) is 9.87. The number of rotatable bonds is 10. The summed E-state index contributed by atoms with van der Waals surface area (Å²) in [5, 5.41) is 14.8. The fourth-order valence-corrected chi connectivity index (χ4v) is 4.94. The first kappa shape index (κ1) is 23.8. The Labute approximate surface area is 199 Å². The summed E-state index contributed by atoms with van der Waals surface area (Å²) in [6, 6.07) is 15.8. The Kier molecular flexibility index (Phi) is 6.91. The molecule has 3 N–H and O–H groups in total. The normalized spacial score (nSPS) is 17.1. The van der Waals surface area contributed by atoms with Gasteiger partial charge >= 0.3 is 12.1 Å². The van der Waals surface area contributed by atoms with E-state index in [1.165, 1.54) is 0 Å².